The van der Waals surface area contributed by atoms with Crippen LogP contribution in [0.2, 0.25) is 0 Å². The van der Waals surface area contributed by atoms with Crippen molar-refractivity contribution < 1.29 is 14.7 Å². The predicted molar refractivity (Wildman–Crippen MR) is 84.7 cm³/mol. The molecule has 1 saturated heterocycles. The highest BCUT2D eigenvalue weighted by Crippen LogP contribution is 2.25. The molecule has 0 radical (unpaired) electrons. The Labute approximate surface area is 131 Å². The number of nitroso groups, excluding NO2 is 1. The minimum atomic E-state index is -0.232. The lowest BCUT2D eigenvalue weighted by molar-refractivity contribution is -0.125. The van der Waals surface area contributed by atoms with Crippen LogP contribution in [0.1, 0.15) is 0 Å². The lowest BCUT2D eigenvalue weighted by Gasteiger charge is -2.34. The van der Waals surface area contributed by atoms with E-state index in [9.17, 15) is 19.6 Å². The Morgan fingerprint density at radius 3 is 1.65 bits per heavy atom. The van der Waals surface area contributed by atoms with E-state index in [0.29, 0.717) is 11.4 Å². The van der Waals surface area contributed by atoms with Crippen molar-refractivity contribution in [1.29, 1.82) is 0 Å². The monoisotopic (exact) mass is 311 g/mol. The van der Waals surface area contributed by atoms with E-state index in [1.807, 2.05) is 0 Å². The molecule has 23 heavy (non-hydrogen) atoms. The number of piperazine rings is 1. The number of carbonyl (C=O) groups excluding carboxylic acids is 2. The van der Waals surface area contributed by atoms with Crippen LogP contribution in [0.3, 0.4) is 0 Å². The van der Waals surface area contributed by atoms with Crippen molar-refractivity contribution in [1.82, 2.24) is 0 Å². The Morgan fingerprint density at radius 1 is 0.783 bits per heavy atom. The van der Waals surface area contributed by atoms with Crippen LogP contribution in [0.25, 0.3) is 0 Å². The van der Waals surface area contributed by atoms with Gasteiger partial charge in [0, 0.05) is 11.4 Å². The van der Waals surface area contributed by atoms with Crippen LogP contribution >= 0.6 is 0 Å². The normalized spacial score (nSPS) is 15.0. The summed E-state index contributed by atoms with van der Waals surface area (Å²) in [4.78, 5) is 37.8. The molecule has 1 heterocycles. The van der Waals surface area contributed by atoms with Gasteiger partial charge in [-0.2, -0.15) is 0 Å². The Kier molecular flexibility index (Phi) is 3.76. The second-order valence-corrected chi connectivity index (χ2v) is 5.08. The first-order valence-corrected chi connectivity index (χ1v) is 6.91. The molecule has 1 fully saturated rings. The molecule has 0 aromatic heterocycles. The first kappa shape index (κ1) is 14.7. The van der Waals surface area contributed by atoms with Gasteiger partial charge in [-0.15, -0.1) is 4.91 Å². The number of amides is 2. The molecular weight excluding hydrogens is 298 g/mol. The van der Waals surface area contributed by atoms with Crippen molar-refractivity contribution in [3.63, 3.8) is 0 Å². The highest BCUT2D eigenvalue weighted by atomic mass is 16.3. The number of benzene rings is 2. The van der Waals surface area contributed by atoms with Crippen molar-refractivity contribution in [2.45, 2.75) is 0 Å². The Hall–Kier alpha value is -3.22. The van der Waals surface area contributed by atoms with Gasteiger partial charge in [0.05, 0.1) is 0 Å². The van der Waals surface area contributed by atoms with Crippen molar-refractivity contribution in [3.8, 4) is 5.75 Å². The fraction of sp³-hybridized carbons (Fsp3) is 0.125. The van der Waals surface area contributed by atoms with E-state index < -0.39 is 0 Å². The van der Waals surface area contributed by atoms with E-state index in [-0.39, 0.29) is 36.3 Å². The van der Waals surface area contributed by atoms with Crippen LogP contribution in [0.5, 0.6) is 5.75 Å². The second kappa shape index (κ2) is 5.88. The maximum absolute atomic E-state index is 12.3. The number of hydrogen-bond acceptors (Lipinski definition) is 5. The number of phenolic OH excluding ortho intramolecular Hbond substituents is 1. The van der Waals surface area contributed by atoms with Crippen molar-refractivity contribution in [3.05, 3.63) is 53.4 Å². The van der Waals surface area contributed by atoms with E-state index in [1.165, 1.54) is 34.1 Å². The Morgan fingerprint density at radius 2 is 1.22 bits per heavy atom. The minimum absolute atomic E-state index is 0.0860. The van der Waals surface area contributed by atoms with Gasteiger partial charge in [-0.3, -0.25) is 9.59 Å². The van der Waals surface area contributed by atoms with E-state index in [1.54, 1.807) is 24.3 Å². The van der Waals surface area contributed by atoms with Gasteiger partial charge in [0.15, 0.2) is 0 Å². The zero-order chi connectivity index (χ0) is 16.4. The van der Waals surface area contributed by atoms with E-state index >= 15 is 0 Å². The fourth-order valence-corrected chi connectivity index (χ4v) is 2.41. The predicted octanol–water partition coefficient (Wildman–Crippen LogP) is 2.17. The van der Waals surface area contributed by atoms with Crippen molar-refractivity contribution in [2.75, 3.05) is 22.9 Å². The maximum Gasteiger partial charge on any atom is 0.247 e. The molecule has 2 amide bonds. The molecule has 7 heteroatoms. The first-order valence-electron chi connectivity index (χ1n) is 6.91. The van der Waals surface area contributed by atoms with Gasteiger partial charge >= 0.3 is 0 Å². The molecule has 2 aromatic rings. The third kappa shape index (κ3) is 2.89. The van der Waals surface area contributed by atoms with Gasteiger partial charge in [-0.1, -0.05) is 0 Å². The second-order valence-electron chi connectivity index (χ2n) is 5.08. The van der Waals surface area contributed by atoms with Crippen LogP contribution < -0.4 is 9.80 Å². The zero-order valence-electron chi connectivity index (χ0n) is 12.0. The first-order chi connectivity index (χ1) is 11.1. The topological polar surface area (TPSA) is 90.3 Å². The van der Waals surface area contributed by atoms with Crippen LogP contribution in [0.4, 0.5) is 17.1 Å². The molecule has 1 aliphatic rings. The Bertz CT molecular complexity index is 756. The number of rotatable bonds is 3. The summed E-state index contributed by atoms with van der Waals surface area (Å²) in [5.74, 6) is -0.368. The third-order valence-corrected chi connectivity index (χ3v) is 3.62. The number of phenols is 1. The highest BCUT2D eigenvalue weighted by Gasteiger charge is 2.31. The number of hydrogen-bond donors (Lipinski definition) is 1. The Balaban J connectivity index is 1.81. The molecule has 1 N–H and O–H groups in total. The average Bonchev–Trinajstić information content (AvgIpc) is 2.57. The smallest absolute Gasteiger partial charge is 0.247 e. The van der Waals surface area contributed by atoms with Gasteiger partial charge in [-0.25, -0.2) is 0 Å². The zero-order valence-corrected chi connectivity index (χ0v) is 12.0. The van der Waals surface area contributed by atoms with Crippen molar-refractivity contribution >= 4 is 28.9 Å². The maximum atomic E-state index is 12.3. The third-order valence-electron chi connectivity index (χ3n) is 3.62. The van der Waals surface area contributed by atoms with Crippen LogP contribution in [0.15, 0.2) is 53.7 Å². The lowest BCUT2D eigenvalue weighted by atomic mass is 10.2. The summed E-state index contributed by atoms with van der Waals surface area (Å²) < 4.78 is 0. The molecule has 0 bridgehead atoms. The van der Waals surface area contributed by atoms with E-state index in [0.717, 1.165) is 0 Å². The number of nitrogens with zero attached hydrogens (tertiary/aromatic N) is 3. The molecule has 0 aliphatic carbocycles. The van der Waals surface area contributed by atoms with E-state index in [4.69, 9.17) is 0 Å². The molecule has 7 nitrogen and oxygen atoms in total. The fourth-order valence-electron chi connectivity index (χ4n) is 2.41. The summed E-state index contributed by atoms with van der Waals surface area (Å²) in [5.41, 5.74) is 1.36. The summed E-state index contributed by atoms with van der Waals surface area (Å²) >= 11 is 0. The van der Waals surface area contributed by atoms with Gasteiger partial charge in [0.1, 0.15) is 24.5 Å². The van der Waals surface area contributed by atoms with Gasteiger partial charge in [0.2, 0.25) is 11.8 Å². The van der Waals surface area contributed by atoms with Crippen LogP contribution in [0, 0.1) is 4.91 Å². The molecule has 116 valence electrons. The quantitative estimate of drug-likeness (QED) is 0.880. The molecule has 0 atom stereocenters. The summed E-state index contributed by atoms with van der Waals surface area (Å²) in [5, 5.41) is 12.1. The summed E-state index contributed by atoms with van der Waals surface area (Å²) in [6.45, 7) is -0.176. The van der Waals surface area contributed by atoms with Gasteiger partial charge in [0.25, 0.3) is 0 Å². The molecule has 0 saturated carbocycles. The number of aromatic hydroxyl groups is 1. The standard InChI is InChI=1S/C16H13N3O4/c20-14-7-5-13(6-8-14)19-10-15(21)18(9-16(19)22)12-3-1-11(17-23)2-4-12/h1-8,20H,9-10H2. The lowest BCUT2D eigenvalue weighted by Crippen LogP contribution is -2.54. The average molecular weight is 311 g/mol. The van der Waals surface area contributed by atoms with Crippen LogP contribution in [-0.4, -0.2) is 30.0 Å². The van der Waals surface area contributed by atoms with Gasteiger partial charge in [-0.05, 0) is 53.7 Å². The molecule has 1 aliphatic heterocycles. The molecule has 3 rings (SSSR count). The molecule has 0 unspecified atom stereocenters. The van der Waals surface area contributed by atoms with Crippen LogP contribution in [-0.2, 0) is 9.59 Å². The minimum Gasteiger partial charge on any atom is -0.508 e. The highest BCUT2D eigenvalue weighted by molar-refractivity contribution is 6.12. The van der Waals surface area contributed by atoms with E-state index in [2.05, 4.69) is 5.18 Å². The molecule has 0 spiro atoms. The SMILES string of the molecule is O=Nc1ccc(N2CC(=O)N(c3ccc(O)cc3)CC2=O)cc1. The molecular formula is C16H13N3O4. The number of carbonyl (C=O) groups is 2. The number of anilines is 2. The summed E-state index contributed by atoms with van der Waals surface area (Å²) in [6.07, 6.45) is 0. The van der Waals surface area contributed by atoms with Gasteiger partial charge < -0.3 is 14.9 Å². The molecule has 2 aromatic carbocycles. The summed E-state index contributed by atoms with van der Waals surface area (Å²) in [7, 11) is 0. The largest absolute Gasteiger partial charge is 0.508 e. The van der Waals surface area contributed by atoms with Crippen molar-refractivity contribution in [2.24, 2.45) is 5.18 Å². The summed E-state index contributed by atoms with van der Waals surface area (Å²) in [6, 6.07) is 12.2.